The summed E-state index contributed by atoms with van der Waals surface area (Å²) in [6, 6.07) is 20.5. The molecule has 1 fully saturated rings. The van der Waals surface area contributed by atoms with E-state index >= 15 is 0 Å². The molecule has 4 aromatic rings. The highest BCUT2D eigenvalue weighted by Gasteiger charge is 2.23. The number of hydrogen-bond acceptors (Lipinski definition) is 6. The maximum Gasteiger partial charge on any atom is 0.258 e. The lowest BCUT2D eigenvalue weighted by Gasteiger charge is -2.36. The highest BCUT2D eigenvalue weighted by molar-refractivity contribution is 5.95. The molecule has 0 unspecified atom stereocenters. The number of rotatable bonds is 5. The summed E-state index contributed by atoms with van der Waals surface area (Å²) >= 11 is 0. The number of aromatic nitrogens is 2. The first-order chi connectivity index (χ1) is 17.0. The summed E-state index contributed by atoms with van der Waals surface area (Å²) in [5.74, 6) is 0.287. The van der Waals surface area contributed by atoms with E-state index in [4.69, 9.17) is 4.52 Å². The number of anilines is 1. The Morgan fingerprint density at radius 1 is 0.857 bits per heavy atom. The Balaban J connectivity index is 1.26. The van der Waals surface area contributed by atoms with E-state index in [1.54, 1.807) is 43.3 Å². The molecule has 1 aromatic heterocycles. The summed E-state index contributed by atoms with van der Waals surface area (Å²) < 4.78 is 18.6. The van der Waals surface area contributed by atoms with Crippen LogP contribution in [0.25, 0.3) is 22.8 Å². The van der Waals surface area contributed by atoms with Gasteiger partial charge in [-0.25, -0.2) is 4.39 Å². The third kappa shape index (κ3) is 4.82. The Kier molecular flexibility index (Phi) is 6.10. The predicted molar refractivity (Wildman–Crippen MR) is 130 cm³/mol. The van der Waals surface area contributed by atoms with Crippen LogP contribution in [0.1, 0.15) is 27.6 Å². The number of carbonyl (C=O) groups is 2. The fourth-order valence-electron chi connectivity index (χ4n) is 4.10. The van der Waals surface area contributed by atoms with Crippen molar-refractivity contribution in [1.82, 2.24) is 15.0 Å². The SMILES string of the molecule is CC(=O)c1ccc(N2CCN(C(=O)c3cccc(-c4nc(-c5ccc(F)cc5)no4)c3)CC2)cc1. The smallest absolute Gasteiger partial charge is 0.258 e. The quantitative estimate of drug-likeness (QED) is 0.393. The van der Waals surface area contributed by atoms with Crippen LogP contribution in [-0.2, 0) is 0 Å². The van der Waals surface area contributed by atoms with Crippen LogP contribution >= 0.6 is 0 Å². The molecule has 0 atom stereocenters. The Bertz CT molecular complexity index is 1360. The molecular formula is C27H23FN4O3. The number of hydrogen-bond donors (Lipinski definition) is 0. The van der Waals surface area contributed by atoms with Gasteiger partial charge in [-0.1, -0.05) is 11.2 Å². The van der Waals surface area contributed by atoms with Crippen molar-refractivity contribution in [2.45, 2.75) is 6.92 Å². The molecule has 7 nitrogen and oxygen atoms in total. The molecule has 0 saturated carbocycles. The van der Waals surface area contributed by atoms with Gasteiger partial charge in [0.15, 0.2) is 5.78 Å². The largest absolute Gasteiger partial charge is 0.368 e. The first-order valence-electron chi connectivity index (χ1n) is 11.3. The van der Waals surface area contributed by atoms with Crippen LogP contribution in [0.5, 0.6) is 0 Å². The third-order valence-corrected chi connectivity index (χ3v) is 6.09. The van der Waals surface area contributed by atoms with Crippen molar-refractivity contribution in [3.63, 3.8) is 0 Å². The molecule has 2 heterocycles. The number of benzene rings is 3. The van der Waals surface area contributed by atoms with Crippen molar-refractivity contribution in [1.29, 1.82) is 0 Å². The zero-order valence-electron chi connectivity index (χ0n) is 19.1. The Labute approximate surface area is 201 Å². The van der Waals surface area contributed by atoms with Crippen molar-refractivity contribution in [2.24, 2.45) is 0 Å². The van der Waals surface area contributed by atoms with E-state index in [2.05, 4.69) is 15.0 Å². The summed E-state index contributed by atoms with van der Waals surface area (Å²) in [5, 5.41) is 3.98. The van der Waals surface area contributed by atoms with Gasteiger partial charge in [-0.3, -0.25) is 9.59 Å². The number of halogens is 1. The van der Waals surface area contributed by atoms with Crippen molar-refractivity contribution in [2.75, 3.05) is 31.1 Å². The van der Waals surface area contributed by atoms with Gasteiger partial charge in [0, 0.05) is 54.1 Å². The summed E-state index contributed by atoms with van der Waals surface area (Å²) in [6.45, 7) is 4.14. The van der Waals surface area contributed by atoms with Crippen LogP contribution in [0.3, 0.4) is 0 Å². The molecule has 8 heteroatoms. The molecule has 0 spiro atoms. The molecule has 0 radical (unpaired) electrons. The molecule has 1 aliphatic heterocycles. The zero-order chi connectivity index (χ0) is 24.4. The second kappa shape index (κ2) is 9.50. The third-order valence-electron chi connectivity index (χ3n) is 6.09. The average Bonchev–Trinajstić information content (AvgIpc) is 3.39. The topological polar surface area (TPSA) is 79.5 Å². The van der Waals surface area contributed by atoms with Crippen molar-refractivity contribution in [3.05, 3.63) is 89.7 Å². The maximum absolute atomic E-state index is 13.2. The van der Waals surface area contributed by atoms with Gasteiger partial charge in [0.05, 0.1) is 0 Å². The van der Waals surface area contributed by atoms with Gasteiger partial charge < -0.3 is 14.3 Å². The number of nitrogens with zero attached hydrogens (tertiary/aromatic N) is 4. The second-order valence-electron chi connectivity index (χ2n) is 8.39. The van der Waals surface area contributed by atoms with E-state index < -0.39 is 0 Å². The Hall–Kier alpha value is -4.33. The minimum atomic E-state index is -0.338. The maximum atomic E-state index is 13.2. The van der Waals surface area contributed by atoms with Crippen LogP contribution < -0.4 is 4.90 Å². The van der Waals surface area contributed by atoms with Gasteiger partial charge in [-0.05, 0) is 73.7 Å². The van der Waals surface area contributed by atoms with Crippen LogP contribution in [0.2, 0.25) is 0 Å². The first kappa shape index (κ1) is 22.5. The molecule has 0 bridgehead atoms. The monoisotopic (exact) mass is 470 g/mol. The predicted octanol–water partition coefficient (Wildman–Crippen LogP) is 4.71. The summed E-state index contributed by atoms with van der Waals surface area (Å²) in [5.41, 5.74) is 3.55. The Morgan fingerprint density at radius 3 is 2.26 bits per heavy atom. The van der Waals surface area contributed by atoms with Gasteiger partial charge in [0.1, 0.15) is 5.82 Å². The molecule has 3 aromatic carbocycles. The molecule has 5 rings (SSSR count). The molecule has 35 heavy (non-hydrogen) atoms. The number of piperazine rings is 1. The molecule has 1 aliphatic rings. The number of Topliss-reactive ketones (excluding diaryl/α,β-unsaturated/α-hetero) is 1. The van der Waals surface area contributed by atoms with Crippen LogP contribution in [0.4, 0.5) is 10.1 Å². The van der Waals surface area contributed by atoms with Gasteiger partial charge in [0.25, 0.3) is 11.8 Å². The molecule has 0 aliphatic carbocycles. The van der Waals surface area contributed by atoms with Crippen molar-refractivity contribution in [3.8, 4) is 22.8 Å². The molecule has 0 N–H and O–H groups in total. The highest BCUT2D eigenvalue weighted by Crippen LogP contribution is 2.24. The van der Waals surface area contributed by atoms with E-state index in [1.165, 1.54) is 12.1 Å². The molecular weight excluding hydrogens is 447 g/mol. The fourth-order valence-corrected chi connectivity index (χ4v) is 4.10. The Morgan fingerprint density at radius 2 is 1.57 bits per heavy atom. The minimum Gasteiger partial charge on any atom is -0.368 e. The fraction of sp³-hybridized carbons (Fsp3) is 0.185. The van der Waals surface area contributed by atoms with E-state index in [0.717, 1.165) is 5.69 Å². The average molecular weight is 471 g/mol. The van der Waals surface area contributed by atoms with Crippen LogP contribution in [0, 0.1) is 5.82 Å². The summed E-state index contributed by atoms with van der Waals surface area (Å²) in [4.78, 5) is 33.1. The van der Waals surface area contributed by atoms with E-state index in [1.807, 2.05) is 29.2 Å². The van der Waals surface area contributed by atoms with Gasteiger partial charge >= 0.3 is 0 Å². The number of amides is 1. The lowest BCUT2D eigenvalue weighted by atomic mass is 10.1. The second-order valence-corrected chi connectivity index (χ2v) is 8.39. The highest BCUT2D eigenvalue weighted by atomic mass is 19.1. The van der Waals surface area contributed by atoms with Crippen LogP contribution in [-0.4, -0.2) is 52.9 Å². The zero-order valence-corrected chi connectivity index (χ0v) is 19.1. The molecule has 176 valence electrons. The van der Waals surface area contributed by atoms with Gasteiger partial charge in [-0.15, -0.1) is 0 Å². The minimum absolute atomic E-state index is 0.0430. The van der Waals surface area contributed by atoms with Crippen LogP contribution in [0.15, 0.2) is 77.3 Å². The number of ketones is 1. The van der Waals surface area contributed by atoms with E-state index in [0.29, 0.717) is 54.3 Å². The summed E-state index contributed by atoms with van der Waals surface area (Å²) in [7, 11) is 0. The van der Waals surface area contributed by atoms with Gasteiger partial charge in [-0.2, -0.15) is 4.98 Å². The summed E-state index contributed by atoms with van der Waals surface area (Å²) in [6.07, 6.45) is 0. The van der Waals surface area contributed by atoms with E-state index in [9.17, 15) is 14.0 Å². The number of carbonyl (C=O) groups excluding carboxylic acids is 2. The molecule has 1 amide bonds. The van der Waals surface area contributed by atoms with Crippen molar-refractivity contribution < 1.29 is 18.5 Å². The lowest BCUT2D eigenvalue weighted by molar-refractivity contribution is 0.0746. The van der Waals surface area contributed by atoms with Crippen molar-refractivity contribution >= 4 is 17.4 Å². The normalized spacial score (nSPS) is 13.7. The van der Waals surface area contributed by atoms with E-state index in [-0.39, 0.29) is 23.4 Å². The lowest BCUT2D eigenvalue weighted by Crippen LogP contribution is -2.48. The van der Waals surface area contributed by atoms with Gasteiger partial charge in [0.2, 0.25) is 5.82 Å². The first-order valence-corrected chi connectivity index (χ1v) is 11.3. The standard InChI is InChI=1S/C27H23FN4O3/c1-18(33)19-7-11-24(12-8-19)31-13-15-32(16-14-31)27(34)22-4-2-3-21(17-22)26-29-25(30-35-26)20-5-9-23(28)10-6-20/h2-12,17H,13-16H2,1H3. The molecule has 1 saturated heterocycles.